The summed E-state index contributed by atoms with van der Waals surface area (Å²) in [5.74, 6) is -1.85. The highest BCUT2D eigenvalue weighted by Gasteiger charge is 2.35. The summed E-state index contributed by atoms with van der Waals surface area (Å²) in [6, 6.07) is 7.54. The summed E-state index contributed by atoms with van der Waals surface area (Å²) in [6.45, 7) is 4.42. The molecule has 10 heteroatoms. The van der Waals surface area contributed by atoms with Crippen molar-refractivity contribution in [1.29, 1.82) is 0 Å². The minimum atomic E-state index is -3.85. The molecule has 1 aliphatic rings. The van der Waals surface area contributed by atoms with Gasteiger partial charge in [0.1, 0.15) is 11.9 Å². The molecule has 0 aliphatic carbocycles. The van der Waals surface area contributed by atoms with Crippen molar-refractivity contribution in [2.75, 3.05) is 13.1 Å². The maximum atomic E-state index is 13.2. The Morgan fingerprint density at radius 2 is 1.97 bits per heavy atom. The van der Waals surface area contributed by atoms with E-state index in [0.29, 0.717) is 25.8 Å². The molecule has 1 saturated heterocycles. The number of piperidine rings is 1. The second-order valence-electron chi connectivity index (χ2n) is 8.61. The average molecular weight is 491 g/mol. The van der Waals surface area contributed by atoms with Crippen LogP contribution in [0.2, 0.25) is 0 Å². The van der Waals surface area contributed by atoms with Crippen molar-refractivity contribution in [1.82, 2.24) is 19.9 Å². The summed E-state index contributed by atoms with van der Waals surface area (Å²) >= 11 is 0. The maximum absolute atomic E-state index is 13.2. The molecule has 3 atom stereocenters. The summed E-state index contributed by atoms with van der Waals surface area (Å²) in [5.41, 5.74) is 0.846. The summed E-state index contributed by atoms with van der Waals surface area (Å²) in [4.78, 5) is 30.0. The molecule has 1 aromatic carbocycles. The molecule has 0 radical (unpaired) electrons. The van der Waals surface area contributed by atoms with Gasteiger partial charge in [-0.3, -0.25) is 14.6 Å². The van der Waals surface area contributed by atoms with E-state index in [1.807, 2.05) is 19.9 Å². The molecule has 1 fully saturated rings. The first-order valence-electron chi connectivity index (χ1n) is 11.4. The monoisotopic (exact) mass is 490 g/mol. The third-order valence-corrected chi connectivity index (χ3v) is 8.07. The highest BCUT2D eigenvalue weighted by molar-refractivity contribution is 7.89. The van der Waals surface area contributed by atoms with E-state index in [9.17, 15) is 22.4 Å². The quantitative estimate of drug-likeness (QED) is 0.561. The lowest BCUT2D eigenvalue weighted by molar-refractivity contribution is -0.133. The van der Waals surface area contributed by atoms with Crippen LogP contribution in [-0.4, -0.2) is 48.7 Å². The molecule has 0 saturated carbocycles. The number of aromatic nitrogens is 1. The van der Waals surface area contributed by atoms with Crippen LogP contribution in [0.5, 0.6) is 0 Å². The third-order valence-electron chi connectivity index (χ3n) is 6.19. The Morgan fingerprint density at radius 1 is 1.24 bits per heavy atom. The summed E-state index contributed by atoms with van der Waals surface area (Å²) in [7, 11) is -3.85. The Kier molecular flexibility index (Phi) is 8.73. The van der Waals surface area contributed by atoms with Crippen molar-refractivity contribution < 1.29 is 22.4 Å². The highest BCUT2D eigenvalue weighted by Crippen LogP contribution is 2.24. The molecule has 2 aromatic rings. The van der Waals surface area contributed by atoms with Crippen molar-refractivity contribution in [3.63, 3.8) is 0 Å². The number of carbonyl (C=O) groups is 2. The van der Waals surface area contributed by atoms with Gasteiger partial charge in [0.15, 0.2) is 0 Å². The zero-order chi connectivity index (χ0) is 24.7. The van der Waals surface area contributed by atoms with Crippen molar-refractivity contribution in [3.8, 4) is 0 Å². The number of pyridine rings is 1. The Morgan fingerprint density at radius 3 is 2.62 bits per heavy atom. The number of nitrogens with zero attached hydrogens (tertiary/aromatic N) is 2. The van der Waals surface area contributed by atoms with Gasteiger partial charge in [-0.2, -0.15) is 4.31 Å². The van der Waals surface area contributed by atoms with Crippen molar-refractivity contribution >= 4 is 21.8 Å². The number of hydrogen-bond donors (Lipinski definition) is 2. The van der Waals surface area contributed by atoms with Crippen LogP contribution in [0.15, 0.2) is 53.7 Å². The standard InChI is InChI=1S/C24H31FN4O4S/c1-3-17(2)22(24(31)27-15-18-6-4-12-26-14-18)28-23(30)19-7-5-13-29(16-19)34(32,33)21-10-8-20(25)9-11-21/h4,6,8-12,14,17,19,22H,3,5,7,13,15-16H2,1-2H3,(H,27,31)(H,28,30)/t17-,19+,22+/m1/s1. The second kappa shape index (κ2) is 11.5. The van der Waals surface area contributed by atoms with E-state index < -0.39 is 27.8 Å². The minimum Gasteiger partial charge on any atom is -0.350 e. The van der Waals surface area contributed by atoms with Gasteiger partial charge in [-0.05, 0) is 54.7 Å². The highest BCUT2D eigenvalue weighted by atomic mass is 32.2. The van der Waals surface area contributed by atoms with Crippen LogP contribution in [0.3, 0.4) is 0 Å². The fourth-order valence-electron chi connectivity index (χ4n) is 3.91. The Balaban J connectivity index is 1.66. The van der Waals surface area contributed by atoms with Gasteiger partial charge in [-0.1, -0.05) is 26.3 Å². The van der Waals surface area contributed by atoms with Crippen LogP contribution >= 0.6 is 0 Å². The number of nitrogens with one attached hydrogen (secondary N) is 2. The van der Waals surface area contributed by atoms with E-state index in [0.717, 1.165) is 17.7 Å². The van der Waals surface area contributed by atoms with Gasteiger partial charge in [-0.25, -0.2) is 12.8 Å². The number of carbonyl (C=O) groups excluding carboxylic acids is 2. The molecular weight excluding hydrogens is 459 g/mol. The van der Waals surface area contributed by atoms with Crippen molar-refractivity contribution in [3.05, 3.63) is 60.2 Å². The number of sulfonamides is 1. The zero-order valence-electron chi connectivity index (χ0n) is 19.4. The summed E-state index contributed by atoms with van der Waals surface area (Å²) < 4.78 is 40.4. The molecular formula is C24H31FN4O4S. The summed E-state index contributed by atoms with van der Waals surface area (Å²) in [5, 5.41) is 5.71. The van der Waals surface area contributed by atoms with Crippen molar-refractivity contribution in [2.24, 2.45) is 11.8 Å². The van der Waals surface area contributed by atoms with Crippen LogP contribution in [0.25, 0.3) is 0 Å². The first kappa shape index (κ1) is 25.8. The number of hydrogen-bond acceptors (Lipinski definition) is 5. The molecule has 184 valence electrons. The number of amides is 2. The second-order valence-corrected chi connectivity index (χ2v) is 10.5. The first-order chi connectivity index (χ1) is 16.2. The lowest BCUT2D eigenvalue weighted by Gasteiger charge is -2.32. The molecule has 3 rings (SSSR count). The van der Waals surface area contributed by atoms with Gasteiger partial charge in [0, 0.05) is 32.0 Å². The Bertz CT molecular complexity index is 1080. The van der Waals surface area contributed by atoms with E-state index in [-0.39, 0.29) is 35.7 Å². The van der Waals surface area contributed by atoms with Crippen LogP contribution in [0.4, 0.5) is 4.39 Å². The fraction of sp³-hybridized carbons (Fsp3) is 0.458. The lowest BCUT2D eigenvalue weighted by Crippen LogP contribution is -2.53. The molecule has 2 heterocycles. The Hall–Kier alpha value is -2.85. The zero-order valence-corrected chi connectivity index (χ0v) is 20.2. The molecule has 2 N–H and O–H groups in total. The van der Waals surface area contributed by atoms with E-state index in [2.05, 4.69) is 15.6 Å². The molecule has 0 bridgehead atoms. The van der Waals surface area contributed by atoms with E-state index in [1.165, 1.54) is 16.4 Å². The van der Waals surface area contributed by atoms with Crippen LogP contribution in [0.1, 0.15) is 38.7 Å². The maximum Gasteiger partial charge on any atom is 0.243 e. The molecule has 0 unspecified atom stereocenters. The van der Waals surface area contributed by atoms with Crippen LogP contribution < -0.4 is 10.6 Å². The van der Waals surface area contributed by atoms with E-state index >= 15 is 0 Å². The topological polar surface area (TPSA) is 108 Å². The minimum absolute atomic E-state index is 0.00999. The number of rotatable bonds is 9. The van der Waals surface area contributed by atoms with E-state index in [1.54, 1.807) is 18.5 Å². The van der Waals surface area contributed by atoms with Gasteiger partial charge in [0.2, 0.25) is 21.8 Å². The molecule has 1 aromatic heterocycles. The normalized spacial score (nSPS) is 18.6. The lowest BCUT2D eigenvalue weighted by atomic mass is 9.94. The average Bonchev–Trinajstić information content (AvgIpc) is 2.86. The predicted octanol–water partition coefficient (Wildman–Crippen LogP) is 2.47. The molecule has 1 aliphatic heterocycles. The van der Waals surface area contributed by atoms with Gasteiger partial charge < -0.3 is 10.6 Å². The third kappa shape index (κ3) is 6.38. The van der Waals surface area contributed by atoms with Crippen LogP contribution in [-0.2, 0) is 26.2 Å². The van der Waals surface area contributed by atoms with Crippen molar-refractivity contribution in [2.45, 2.75) is 50.6 Å². The molecule has 8 nitrogen and oxygen atoms in total. The fourth-order valence-corrected chi connectivity index (χ4v) is 5.43. The summed E-state index contributed by atoms with van der Waals surface area (Å²) in [6.07, 6.45) is 5.03. The first-order valence-corrected chi connectivity index (χ1v) is 12.9. The SMILES string of the molecule is CC[C@@H](C)[C@H](NC(=O)[C@H]1CCCN(S(=O)(=O)c2ccc(F)cc2)C1)C(=O)NCc1cccnc1. The van der Waals surface area contributed by atoms with Gasteiger partial charge in [0.05, 0.1) is 10.8 Å². The predicted molar refractivity (Wildman–Crippen MR) is 125 cm³/mol. The number of halogens is 1. The van der Waals surface area contributed by atoms with Gasteiger partial charge in [-0.15, -0.1) is 0 Å². The number of benzene rings is 1. The molecule has 0 spiro atoms. The van der Waals surface area contributed by atoms with Gasteiger partial charge in [0.25, 0.3) is 0 Å². The smallest absolute Gasteiger partial charge is 0.243 e. The van der Waals surface area contributed by atoms with E-state index in [4.69, 9.17) is 0 Å². The van der Waals surface area contributed by atoms with Gasteiger partial charge >= 0.3 is 0 Å². The largest absolute Gasteiger partial charge is 0.350 e. The Labute approximate surface area is 200 Å². The van der Waals surface area contributed by atoms with Crippen LogP contribution in [0, 0.1) is 17.7 Å². The molecule has 34 heavy (non-hydrogen) atoms. The molecule has 2 amide bonds.